The lowest BCUT2D eigenvalue weighted by Gasteiger charge is -2.09. The van der Waals surface area contributed by atoms with Crippen LogP contribution in [0.1, 0.15) is 5.56 Å². The quantitative estimate of drug-likeness (QED) is 0.310. The van der Waals surface area contributed by atoms with E-state index in [2.05, 4.69) is 73.8 Å². The Morgan fingerprint density at radius 2 is 1.61 bits per heavy atom. The Morgan fingerprint density at radius 1 is 0.968 bits per heavy atom. The fourth-order valence-electron chi connectivity index (χ4n) is 2.08. The number of anilines is 2. The molecule has 0 saturated carbocycles. The van der Waals surface area contributed by atoms with Crippen molar-refractivity contribution >= 4 is 34.2 Å². The van der Waals surface area contributed by atoms with Crippen LogP contribution in [0.3, 0.4) is 0 Å². The monoisotopic (exact) mass is 544 g/mol. The molecule has 2 aromatic heterocycles. The van der Waals surface area contributed by atoms with Crippen molar-refractivity contribution in [3.05, 3.63) is 82.2 Å². The van der Waals surface area contributed by atoms with Gasteiger partial charge >= 0.3 is 6.36 Å². The van der Waals surface area contributed by atoms with E-state index < -0.39 is 6.36 Å². The summed E-state index contributed by atoms with van der Waals surface area (Å²) in [6.07, 6.45) is -1.47. The minimum Gasteiger partial charge on any atom is -0.406 e. The van der Waals surface area contributed by atoms with Crippen LogP contribution in [0.4, 0.5) is 24.8 Å². The molecule has 4 aromatic rings. The van der Waals surface area contributed by atoms with Gasteiger partial charge in [-0.25, -0.2) is 4.68 Å². The number of benzene rings is 2. The first-order valence-corrected chi connectivity index (χ1v) is 9.84. The summed E-state index contributed by atoms with van der Waals surface area (Å²) in [5.41, 5.74) is 12.5. The summed E-state index contributed by atoms with van der Waals surface area (Å²) in [7, 11) is 0. The van der Waals surface area contributed by atoms with Crippen LogP contribution in [-0.4, -0.2) is 26.3 Å². The third-order valence-corrected chi connectivity index (χ3v) is 4.20. The normalized spacial score (nSPS) is 10.4. The van der Waals surface area contributed by atoms with E-state index in [9.17, 15) is 13.2 Å². The molecule has 0 spiro atoms. The molecule has 0 atom stereocenters. The third kappa shape index (κ3) is 9.42. The van der Waals surface area contributed by atoms with Crippen molar-refractivity contribution in [2.45, 2.75) is 13.3 Å². The number of nitrogens with one attached hydrogen (secondary N) is 1. The van der Waals surface area contributed by atoms with E-state index in [1.54, 1.807) is 24.5 Å². The Kier molecular flexibility index (Phi) is 8.73. The molecule has 0 radical (unpaired) electrons. The van der Waals surface area contributed by atoms with Crippen molar-refractivity contribution in [1.82, 2.24) is 20.0 Å². The lowest BCUT2D eigenvalue weighted by molar-refractivity contribution is -0.274. The highest BCUT2D eigenvalue weighted by Crippen LogP contribution is 2.23. The van der Waals surface area contributed by atoms with Gasteiger partial charge in [0, 0.05) is 15.8 Å². The third-order valence-electron chi connectivity index (χ3n) is 3.48. The van der Waals surface area contributed by atoms with Gasteiger partial charge in [-0.05, 0) is 72.0 Å². The van der Waals surface area contributed by atoms with E-state index in [0.29, 0.717) is 17.3 Å². The molecule has 0 fully saturated rings. The van der Waals surface area contributed by atoms with Crippen molar-refractivity contribution < 1.29 is 17.9 Å². The number of nitrogens with two attached hydrogens (primary N) is 2. The van der Waals surface area contributed by atoms with Crippen molar-refractivity contribution in [3.8, 4) is 11.4 Å². The number of aromatic amines is 1. The fraction of sp³-hybridized carbons (Fsp3) is 0.100. The number of ether oxygens (including phenoxy) is 1. The van der Waals surface area contributed by atoms with Crippen LogP contribution in [0, 0.1) is 10.5 Å². The number of alkyl halides is 3. The average molecular weight is 544 g/mol. The van der Waals surface area contributed by atoms with Crippen LogP contribution in [0.15, 0.2) is 73.1 Å². The molecule has 0 aliphatic carbocycles. The predicted molar refractivity (Wildman–Crippen MR) is 122 cm³/mol. The molecule has 2 heterocycles. The van der Waals surface area contributed by atoms with E-state index in [4.69, 9.17) is 11.5 Å². The zero-order chi connectivity index (χ0) is 22.9. The minimum absolute atomic E-state index is 0.277. The Labute approximate surface area is 190 Å². The molecule has 31 heavy (non-hydrogen) atoms. The molecule has 0 bridgehead atoms. The summed E-state index contributed by atoms with van der Waals surface area (Å²) >= 11 is 2.30. The number of hydrogen-bond donors (Lipinski definition) is 3. The van der Waals surface area contributed by atoms with Crippen LogP contribution in [0.2, 0.25) is 0 Å². The smallest absolute Gasteiger partial charge is 0.406 e. The van der Waals surface area contributed by atoms with Gasteiger partial charge < -0.3 is 16.2 Å². The highest BCUT2D eigenvalue weighted by atomic mass is 127. The van der Waals surface area contributed by atoms with Crippen LogP contribution < -0.4 is 16.2 Å². The Morgan fingerprint density at radius 3 is 2.00 bits per heavy atom. The Bertz CT molecular complexity index is 1010. The summed E-state index contributed by atoms with van der Waals surface area (Å²) < 4.78 is 42.2. The molecular weight excluding hydrogens is 524 g/mol. The van der Waals surface area contributed by atoms with Gasteiger partial charge in [-0.15, -0.1) is 13.2 Å². The number of aryl methyl sites for hydroxylation is 1. The molecule has 0 amide bonds. The van der Waals surface area contributed by atoms with Gasteiger partial charge in [0.15, 0.2) is 0 Å². The fourth-order valence-corrected chi connectivity index (χ4v) is 2.44. The van der Waals surface area contributed by atoms with E-state index in [1.165, 1.54) is 38.1 Å². The van der Waals surface area contributed by atoms with E-state index in [0.717, 1.165) is 0 Å². The van der Waals surface area contributed by atoms with Crippen LogP contribution >= 0.6 is 22.6 Å². The first-order valence-electron chi connectivity index (χ1n) is 8.77. The summed E-state index contributed by atoms with van der Waals surface area (Å²) in [6, 6.07) is 17.0. The van der Waals surface area contributed by atoms with Gasteiger partial charge in [0.05, 0.1) is 11.9 Å². The van der Waals surface area contributed by atoms with E-state index >= 15 is 0 Å². The number of nitrogens with zero attached hydrogens (tertiary/aromatic N) is 3. The molecule has 164 valence electrons. The summed E-state index contributed by atoms with van der Waals surface area (Å²) in [5.74, 6) is 0.664. The topological polar surface area (TPSA) is 108 Å². The van der Waals surface area contributed by atoms with Crippen LogP contribution in [-0.2, 0) is 0 Å². The van der Waals surface area contributed by atoms with Crippen molar-refractivity contribution in [2.24, 2.45) is 0 Å². The zero-order valence-corrected chi connectivity index (χ0v) is 18.5. The SMILES string of the molecule is Cc1ccc(I)cc1.Nc1ccn(-c2ccc(OC(F)(F)F)cc2)n1.Nc1ccn[nH]1. The average Bonchev–Trinajstić information content (AvgIpc) is 3.36. The summed E-state index contributed by atoms with van der Waals surface area (Å²) in [5, 5.41) is 10.0. The molecule has 0 aliphatic rings. The zero-order valence-electron chi connectivity index (χ0n) is 16.3. The Hall–Kier alpha value is -3.22. The second-order valence-corrected chi connectivity index (χ2v) is 7.28. The van der Waals surface area contributed by atoms with Gasteiger partial charge in [-0.2, -0.15) is 10.2 Å². The van der Waals surface area contributed by atoms with Crippen LogP contribution in [0.25, 0.3) is 5.69 Å². The minimum atomic E-state index is -4.68. The van der Waals surface area contributed by atoms with Gasteiger partial charge in [-0.1, -0.05) is 17.7 Å². The maximum atomic E-state index is 11.9. The lowest BCUT2D eigenvalue weighted by atomic mass is 10.2. The highest BCUT2D eigenvalue weighted by Gasteiger charge is 2.30. The summed E-state index contributed by atoms with van der Waals surface area (Å²) in [6.45, 7) is 2.09. The number of H-pyrrole nitrogens is 1. The van der Waals surface area contributed by atoms with Gasteiger partial charge in [-0.3, -0.25) is 5.10 Å². The molecule has 4 rings (SSSR count). The van der Waals surface area contributed by atoms with E-state index in [-0.39, 0.29) is 5.75 Å². The molecule has 0 aliphatic heterocycles. The molecular formula is C20H20F3IN6O. The maximum absolute atomic E-state index is 11.9. The first kappa shape index (κ1) is 24.1. The predicted octanol–water partition coefficient (Wildman–Crippen LogP) is 4.94. The number of aromatic nitrogens is 4. The van der Waals surface area contributed by atoms with Gasteiger partial charge in [0.2, 0.25) is 0 Å². The van der Waals surface area contributed by atoms with Crippen molar-refractivity contribution in [3.63, 3.8) is 0 Å². The summed E-state index contributed by atoms with van der Waals surface area (Å²) in [4.78, 5) is 0. The number of nitrogen functional groups attached to an aromatic ring is 2. The Balaban J connectivity index is 0.000000200. The molecule has 5 N–H and O–H groups in total. The standard InChI is InChI=1S/C10H8F3N3O.C7H7I.C3H5N3/c11-10(12,13)17-8-3-1-7(2-4-8)16-6-5-9(14)15-16;1-6-2-4-7(8)5-3-6;4-3-1-2-5-6-3/h1-6H,(H2,14,15);2-5H,1H3;1-2H,(H3,4,5,6). The highest BCUT2D eigenvalue weighted by molar-refractivity contribution is 14.1. The number of hydrogen-bond acceptors (Lipinski definition) is 5. The van der Waals surface area contributed by atoms with Crippen molar-refractivity contribution in [2.75, 3.05) is 11.5 Å². The van der Waals surface area contributed by atoms with Crippen molar-refractivity contribution in [1.29, 1.82) is 0 Å². The molecule has 0 saturated heterocycles. The number of halogens is 4. The lowest BCUT2D eigenvalue weighted by Crippen LogP contribution is -2.17. The largest absolute Gasteiger partial charge is 0.573 e. The number of rotatable bonds is 2. The van der Waals surface area contributed by atoms with Crippen LogP contribution in [0.5, 0.6) is 5.75 Å². The van der Waals surface area contributed by atoms with E-state index in [1.807, 2.05) is 0 Å². The first-order chi connectivity index (χ1) is 14.6. The van der Waals surface area contributed by atoms with Gasteiger partial charge in [0.1, 0.15) is 17.4 Å². The van der Waals surface area contributed by atoms with Gasteiger partial charge in [0.25, 0.3) is 0 Å². The second kappa shape index (κ2) is 11.2. The molecule has 7 nitrogen and oxygen atoms in total. The maximum Gasteiger partial charge on any atom is 0.573 e. The molecule has 2 aromatic carbocycles. The molecule has 11 heteroatoms. The molecule has 0 unspecified atom stereocenters. The second-order valence-electron chi connectivity index (χ2n) is 6.03.